The Morgan fingerprint density at radius 1 is 1.22 bits per heavy atom. The predicted octanol–water partition coefficient (Wildman–Crippen LogP) is 1.22. The van der Waals surface area contributed by atoms with Gasteiger partial charge in [-0.15, -0.1) is 0 Å². The molecular weight excluding hydrogens is 342 g/mol. The van der Waals surface area contributed by atoms with Crippen molar-refractivity contribution in [3.8, 4) is 0 Å². The fourth-order valence-corrected chi connectivity index (χ4v) is 3.27. The van der Waals surface area contributed by atoms with Crippen LogP contribution in [0.5, 0.6) is 0 Å². The van der Waals surface area contributed by atoms with E-state index < -0.39 is 0 Å². The van der Waals surface area contributed by atoms with E-state index in [1.54, 1.807) is 24.6 Å². The number of hydrogen-bond acceptors (Lipinski definition) is 4. The Labute approximate surface area is 164 Å². The fraction of sp³-hybridized carbons (Fsp3) is 0.800. The summed E-state index contributed by atoms with van der Waals surface area (Å²) in [5, 5.41) is 6.78. The zero-order valence-electron chi connectivity index (χ0n) is 17.1. The van der Waals surface area contributed by atoms with Crippen molar-refractivity contribution in [3.05, 3.63) is 11.6 Å². The number of likely N-dealkylation sites (N-methyl/N-ethyl adjacent to an activating group) is 1. The molecule has 0 spiro atoms. The van der Waals surface area contributed by atoms with Gasteiger partial charge in [0.25, 0.3) is 0 Å². The number of hydrogen-bond donors (Lipinski definition) is 2. The van der Waals surface area contributed by atoms with Crippen LogP contribution in [0.25, 0.3) is 0 Å². The maximum atomic E-state index is 11.8. The molecule has 154 valence electrons. The van der Waals surface area contributed by atoms with Crippen LogP contribution in [0.2, 0.25) is 0 Å². The Bertz CT molecular complexity index is 499. The highest BCUT2D eigenvalue weighted by molar-refractivity contribution is 5.84. The van der Waals surface area contributed by atoms with Gasteiger partial charge in [0.1, 0.15) is 6.54 Å². The molecule has 2 rings (SSSR count). The summed E-state index contributed by atoms with van der Waals surface area (Å²) in [7, 11) is 3.52. The third-order valence-corrected chi connectivity index (χ3v) is 5.04. The van der Waals surface area contributed by atoms with Crippen LogP contribution in [0.3, 0.4) is 0 Å². The van der Waals surface area contributed by atoms with E-state index in [9.17, 15) is 4.79 Å². The third-order valence-electron chi connectivity index (χ3n) is 5.04. The maximum absolute atomic E-state index is 11.8. The number of ether oxygens (including phenoxy) is 1. The first kappa shape index (κ1) is 21.7. The summed E-state index contributed by atoms with van der Waals surface area (Å²) >= 11 is 0. The van der Waals surface area contributed by atoms with Crippen molar-refractivity contribution in [1.82, 2.24) is 20.4 Å². The molecule has 1 saturated heterocycles. The number of rotatable bonds is 9. The van der Waals surface area contributed by atoms with Crippen molar-refractivity contribution < 1.29 is 9.53 Å². The van der Waals surface area contributed by atoms with E-state index in [2.05, 4.69) is 26.6 Å². The van der Waals surface area contributed by atoms with Crippen molar-refractivity contribution in [3.63, 3.8) is 0 Å². The third kappa shape index (κ3) is 9.24. The van der Waals surface area contributed by atoms with Gasteiger partial charge in [-0.3, -0.25) is 9.69 Å². The Morgan fingerprint density at radius 3 is 2.70 bits per heavy atom. The van der Waals surface area contributed by atoms with Crippen LogP contribution in [0.4, 0.5) is 0 Å². The molecule has 1 aliphatic heterocycles. The summed E-state index contributed by atoms with van der Waals surface area (Å²) in [5.74, 6) is 0.753. The Morgan fingerprint density at radius 2 is 2.00 bits per heavy atom. The minimum Gasteiger partial charge on any atom is -0.379 e. The number of nitrogens with zero attached hydrogens (tertiary/aromatic N) is 3. The molecule has 1 fully saturated rings. The van der Waals surface area contributed by atoms with E-state index >= 15 is 0 Å². The van der Waals surface area contributed by atoms with E-state index in [-0.39, 0.29) is 12.5 Å². The molecule has 0 radical (unpaired) electrons. The highest BCUT2D eigenvalue weighted by atomic mass is 16.5. The van der Waals surface area contributed by atoms with Crippen molar-refractivity contribution in [2.45, 2.75) is 38.5 Å². The van der Waals surface area contributed by atoms with Gasteiger partial charge in [-0.1, -0.05) is 11.6 Å². The van der Waals surface area contributed by atoms with Crippen LogP contribution in [0, 0.1) is 0 Å². The van der Waals surface area contributed by atoms with Gasteiger partial charge in [0.05, 0.1) is 13.2 Å². The van der Waals surface area contributed by atoms with Crippen molar-refractivity contribution in [2.75, 3.05) is 66.6 Å². The van der Waals surface area contributed by atoms with Crippen molar-refractivity contribution in [2.24, 2.45) is 4.99 Å². The highest BCUT2D eigenvalue weighted by Crippen LogP contribution is 2.19. The maximum Gasteiger partial charge on any atom is 0.243 e. The molecule has 7 heteroatoms. The minimum atomic E-state index is 0.0133. The van der Waals surface area contributed by atoms with E-state index in [0.29, 0.717) is 0 Å². The number of allylic oxidation sites excluding steroid dienone is 1. The first-order chi connectivity index (χ1) is 13.1. The first-order valence-corrected chi connectivity index (χ1v) is 10.4. The lowest BCUT2D eigenvalue weighted by atomic mass is 9.97. The van der Waals surface area contributed by atoms with Gasteiger partial charge in [-0.25, -0.2) is 4.99 Å². The SMILES string of the molecule is CN(C)C(=O)CN=C(NCCCN1CCOCC1)NCCC1=CCCCC1. The van der Waals surface area contributed by atoms with Crippen molar-refractivity contribution in [1.29, 1.82) is 0 Å². The number of aliphatic imine (C=N–C) groups is 1. The predicted molar refractivity (Wildman–Crippen MR) is 110 cm³/mol. The topological polar surface area (TPSA) is 69.2 Å². The van der Waals surface area contributed by atoms with Gasteiger partial charge in [0, 0.05) is 40.3 Å². The first-order valence-electron chi connectivity index (χ1n) is 10.4. The molecule has 0 unspecified atom stereocenters. The van der Waals surface area contributed by atoms with Gasteiger partial charge in [0.15, 0.2) is 5.96 Å². The largest absolute Gasteiger partial charge is 0.379 e. The zero-order valence-corrected chi connectivity index (χ0v) is 17.1. The van der Waals surface area contributed by atoms with Crippen LogP contribution in [-0.4, -0.2) is 88.2 Å². The smallest absolute Gasteiger partial charge is 0.243 e. The molecule has 27 heavy (non-hydrogen) atoms. The quantitative estimate of drug-likeness (QED) is 0.273. The highest BCUT2D eigenvalue weighted by Gasteiger charge is 2.10. The van der Waals surface area contributed by atoms with Crippen LogP contribution < -0.4 is 10.6 Å². The molecule has 0 saturated carbocycles. The zero-order chi connectivity index (χ0) is 19.3. The Kier molecular flexibility index (Phi) is 10.2. The average Bonchev–Trinajstić information content (AvgIpc) is 2.70. The molecule has 2 aliphatic rings. The van der Waals surface area contributed by atoms with Crippen LogP contribution in [0.15, 0.2) is 16.6 Å². The van der Waals surface area contributed by atoms with E-state index in [1.807, 2.05) is 0 Å². The molecular formula is C20H37N5O2. The van der Waals surface area contributed by atoms with Crippen LogP contribution in [0.1, 0.15) is 38.5 Å². The fourth-order valence-electron chi connectivity index (χ4n) is 3.27. The van der Waals surface area contributed by atoms with Crippen LogP contribution >= 0.6 is 0 Å². The van der Waals surface area contributed by atoms with E-state index in [0.717, 1.165) is 64.7 Å². The van der Waals surface area contributed by atoms with Gasteiger partial charge in [-0.05, 0) is 45.1 Å². The summed E-state index contributed by atoms with van der Waals surface area (Å²) in [6.07, 6.45) is 9.55. The summed E-state index contributed by atoms with van der Waals surface area (Å²) in [6, 6.07) is 0. The summed E-state index contributed by atoms with van der Waals surface area (Å²) in [6.45, 7) is 6.66. The second kappa shape index (κ2) is 12.7. The van der Waals surface area contributed by atoms with E-state index in [1.165, 1.54) is 25.7 Å². The van der Waals surface area contributed by atoms with Crippen molar-refractivity contribution >= 4 is 11.9 Å². The number of morpholine rings is 1. The van der Waals surface area contributed by atoms with Gasteiger partial charge in [-0.2, -0.15) is 0 Å². The molecule has 1 aliphatic carbocycles. The lowest BCUT2D eigenvalue weighted by Crippen LogP contribution is -2.41. The molecule has 1 amide bonds. The molecule has 0 atom stereocenters. The second-order valence-corrected chi connectivity index (χ2v) is 7.47. The number of carbonyl (C=O) groups excluding carboxylic acids is 1. The molecule has 0 aromatic carbocycles. The Balaban J connectivity index is 1.72. The summed E-state index contributed by atoms with van der Waals surface area (Å²) in [4.78, 5) is 20.3. The van der Waals surface area contributed by atoms with Gasteiger partial charge < -0.3 is 20.3 Å². The molecule has 7 nitrogen and oxygen atoms in total. The molecule has 0 bridgehead atoms. The number of carbonyl (C=O) groups is 1. The lowest BCUT2D eigenvalue weighted by Gasteiger charge is -2.26. The number of guanidine groups is 1. The monoisotopic (exact) mass is 379 g/mol. The standard InChI is InChI=1S/C20H37N5O2/c1-24(2)19(26)17-23-20(22-11-9-18-7-4-3-5-8-18)21-10-6-12-25-13-15-27-16-14-25/h7H,3-6,8-17H2,1-2H3,(H2,21,22,23). The second-order valence-electron chi connectivity index (χ2n) is 7.47. The normalized spacial score (nSPS) is 18.7. The molecule has 0 aromatic heterocycles. The number of nitrogens with one attached hydrogen (secondary N) is 2. The van der Waals surface area contributed by atoms with Crippen LogP contribution in [-0.2, 0) is 9.53 Å². The van der Waals surface area contributed by atoms with Gasteiger partial charge in [0.2, 0.25) is 5.91 Å². The lowest BCUT2D eigenvalue weighted by molar-refractivity contribution is -0.127. The summed E-state index contributed by atoms with van der Waals surface area (Å²) in [5.41, 5.74) is 1.55. The Hall–Kier alpha value is -1.60. The molecule has 1 heterocycles. The van der Waals surface area contributed by atoms with E-state index in [4.69, 9.17) is 4.74 Å². The average molecular weight is 380 g/mol. The molecule has 0 aromatic rings. The molecule has 2 N–H and O–H groups in total. The van der Waals surface area contributed by atoms with Gasteiger partial charge >= 0.3 is 0 Å². The summed E-state index contributed by atoms with van der Waals surface area (Å²) < 4.78 is 5.39. The number of amides is 1. The minimum absolute atomic E-state index is 0.0133.